The predicted molar refractivity (Wildman–Crippen MR) is 97.5 cm³/mol. The zero-order valence-electron chi connectivity index (χ0n) is 14.7. The third-order valence-corrected chi connectivity index (χ3v) is 6.62. The summed E-state index contributed by atoms with van der Waals surface area (Å²) >= 11 is -0.0392. The van der Waals surface area contributed by atoms with Crippen molar-refractivity contribution in [2.75, 3.05) is 7.11 Å². The third-order valence-electron chi connectivity index (χ3n) is 4.07. The number of methoxy groups -OCH3 is 1. The van der Waals surface area contributed by atoms with Crippen LogP contribution >= 0.6 is 0 Å². The normalized spacial score (nSPS) is 13.3. The molecule has 0 saturated heterocycles. The van der Waals surface area contributed by atoms with Gasteiger partial charge in [-0.3, -0.25) is 0 Å². The van der Waals surface area contributed by atoms with Crippen LogP contribution in [-0.4, -0.2) is 41.9 Å². The summed E-state index contributed by atoms with van der Waals surface area (Å²) < 4.78 is 34.3. The molecule has 1 N–H and O–H groups in total. The van der Waals surface area contributed by atoms with Gasteiger partial charge in [0.2, 0.25) is 0 Å². The summed E-state index contributed by atoms with van der Waals surface area (Å²) in [5.41, 5.74) is -0.367. The average molecular weight is 438 g/mol. The van der Waals surface area contributed by atoms with Crippen molar-refractivity contribution < 1.29 is 18.6 Å². The molecule has 0 bridgehead atoms. The van der Waals surface area contributed by atoms with Crippen molar-refractivity contribution in [3.05, 3.63) is 77.9 Å². The molecule has 142 valence electrons. The van der Waals surface area contributed by atoms with E-state index in [1.165, 1.54) is 23.4 Å². The number of hydrogen-bond donors (Lipinski definition) is 1. The van der Waals surface area contributed by atoms with E-state index in [2.05, 4.69) is 10.1 Å². The van der Waals surface area contributed by atoms with E-state index in [0.29, 0.717) is 5.32 Å². The zero-order valence-corrected chi connectivity index (χ0v) is 16.4. The molecule has 1 heterocycles. The van der Waals surface area contributed by atoms with Gasteiger partial charge in [-0.1, -0.05) is 0 Å². The second-order valence-corrected chi connectivity index (χ2v) is 8.16. The molecular weight excluding hydrogens is 419 g/mol. The van der Waals surface area contributed by atoms with Gasteiger partial charge in [-0.15, -0.1) is 0 Å². The van der Waals surface area contributed by atoms with Crippen LogP contribution in [0.4, 0.5) is 8.78 Å². The maximum absolute atomic E-state index is 14.4. The molecule has 3 aromatic rings. The van der Waals surface area contributed by atoms with Gasteiger partial charge in [-0.25, -0.2) is 0 Å². The molecule has 3 rings (SSSR count). The molecule has 0 saturated carbocycles. The Labute approximate surface area is 162 Å². The Hall–Kier alpha value is -2.28. The standard InChI is InChI=1S/C19H19F2N3O2Se/c1-26-16-4-2-3-14(7-16)9-27-11-19(25,10-24-13-22-12-23-24)17-6-5-15(20)8-18(17)21/h2-8,12-13,25H,9-11H2,1H3. The van der Waals surface area contributed by atoms with Gasteiger partial charge in [0.1, 0.15) is 0 Å². The molecule has 1 atom stereocenters. The van der Waals surface area contributed by atoms with Crippen LogP contribution in [0.2, 0.25) is 5.32 Å². The molecular formula is C19H19F2N3O2Se. The molecule has 0 aliphatic heterocycles. The third kappa shape index (κ3) is 4.91. The minimum atomic E-state index is -1.51. The average Bonchev–Trinajstić information content (AvgIpc) is 3.14. The number of aliphatic hydroxyl groups is 1. The van der Waals surface area contributed by atoms with E-state index in [-0.39, 0.29) is 27.1 Å². The number of ether oxygens (including phenoxy) is 1. The van der Waals surface area contributed by atoms with E-state index in [0.717, 1.165) is 28.8 Å². The van der Waals surface area contributed by atoms with E-state index in [1.54, 1.807) is 7.11 Å². The van der Waals surface area contributed by atoms with Crippen molar-refractivity contribution in [1.29, 1.82) is 0 Å². The second kappa shape index (κ2) is 8.61. The van der Waals surface area contributed by atoms with Crippen molar-refractivity contribution in [2.45, 2.75) is 22.8 Å². The molecule has 2 aromatic carbocycles. The molecule has 0 radical (unpaired) electrons. The Balaban J connectivity index is 1.79. The Bertz CT molecular complexity index is 892. The molecule has 5 nitrogen and oxygen atoms in total. The van der Waals surface area contributed by atoms with Crippen LogP contribution < -0.4 is 4.74 Å². The summed E-state index contributed by atoms with van der Waals surface area (Å²) in [6, 6.07) is 10.9. The first-order valence-corrected chi connectivity index (χ1v) is 10.6. The van der Waals surface area contributed by atoms with Gasteiger partial charge in [0.05, 0.1) is 0 Å². The minimum absolute atomic E-state index is 0.0371. The van der Waals surface area contributed by atoms with Crippen LogP contribution in [-0.2, 0) is 17.5 Å². The van der Waals surface area contributed by atoms with E-state index in [1.807, 2.05) is 24.3 Å². The quantitative estimate of drug-likeness (QED) is 0.550. The first-order chi connectivity index (χ1) is 13.0. The van der Waals surface area contributed by atoms with E-state index in [4.69, 9.17) is 4.74 Å². The Kier molecular flexibility index (Phi) is 6.21. The maximum atomic E-state index is 14.4. The molecule has 0 fully saturated rings. The summed E-state index contributed by atoms with van der Waals surface area (Å²) in [4.78, 5) is 3.86. The first-order valence-electron chi connectivity index (χ1n) is 8.21. The SMILES string of the molecule is COc1cccc(C[Se]CC(O)(Cn2cncn2)c2ccc(F)cc2F)c1. The van der Waals surface area contributed by atoms with Crippen LogP contribution in [0.25, 0.3) is 0 Å². The van der Waals surface area contributed by atoms with E-state index in [9.17, 15) is 13.9 Å². The van der Waals surface area contributed by atoms with Crippen LogP contribution in [0.5, 0.6) is 5.75 Å². The van der Waals surface area contributed by atoms with Crippen molar-refractivity contribution >= 4 is 15.0 Å². The topological polar surface area (TPSA) is 60.2 Å². The van der Waals surface area contributed by atoms with Gasteiger partial charge in [-0.2, -0.15) is 0 Å². The summed E-state index contributed by atoms with van der Waals surface area (Å²) in [5.74, 6) is -0.679. The van der Waals surface area contributed by atoms with E-state index < -0.39 is 17.2 Å². The van der Waals surface area contributed by atoms with Crippen molar-refractivity contribution in [3.8, 4) is 5.75 Å². The number of hydrogen-bond acceptors (Lipinski definition) is 4. The van der Waals surface area contributed by atoms with Crippen LogP contribution in [0, 0.1) is 11.6 Å². The molecule has 1 unspecified atom stereocenters. The molecule has 1 aromatic heterocycles. The van der Waals surface area contributed by atoms with Gasteiger partial charge < -0.3 is 0 Å². The van der Waals surface area contributed by atoms with Gasteiger partial charge in [0, 0.05) is 0 Å². The number of benzene rings is 2. The summed E-state index contributed by atoms with van der Waals surface area (Å²) in [7, 11) is 1.61. The molecule has 8 heteroatoms. The van der Waals surface area contributed by atoms with E-state index >= 15 is 0 Å². The van der Waals surface area contributed by atoms with Crippen molar-refractivity contribution in [3.63, 3.8) is 0 Å². The molecule has 0 amide bonds. The Morgan fingerprint density at radius 3 is 2.78 bits per heavy atom. The fourth-order valence-electron chi connectivity index (χ4n) is 2.76. The van der Waals surface area contributed by atoms with Crippen LogP contribution in [0.15, 0.2) is 55.1 Å². The van der Waals surface area contributed by atoms with Crippen LogP contribution in [0.3, 0.4) is 0 Å². The molecule has 0 aliphatic carbocycles. The second-order valence-electron chi connectivity index (χ2n) is 6.09. The predicted octanol–water partition coefficient (Wildman–Crippen LogP) is 2.78. The molecule has 27 heavy (non-hydrogen) atoms. The number of rotatable bonds is 8. The van der Waals surface area contributed by atoms with Crippen molar-refractivity contribution in [2.24, 2.45) is 0 Å². The van der Waals surface area contributed by atoms with Crippen molar-refractivity contribution in [1.82, 2.24) is 14.8 Å². The van der Waals surface area contributed by atoms with Gasteiger partial charge >= 0.3 is 162 Å². The Morgan fingerprint density at radius 2 is 2.07 bits per heavy atom. The van der Waals surface area contributed by atoms with Crippen LogP contribution in [0.1, 0.15) is 11.1 Å². The fourth-order valence-corrected chi connectivity index (χ4v) is 5.07. The summed E-state index contributed by atoms with van der Waals surface area (Å²) in [5, 5.41) is 16.3. The van der Waals surface area contributed by atoms with Gasteiger partial charge in [-0.05, 0) is 0 Å². The first kappa shape index (κ1) is 19.5. The fraction of sp³-hybridized carbons (Fsp3) is 0.263. The Morgan fingerprint density at radius 1 is 1.22 bits per heavy atom. The summed E-state index contributed by atoms with van der Waals surface area (Å²) in [6.07, 6.45) is 2.81. The molecule has 0 spiro atoms. The number of halogens is 2. The monoisotopic (exact) mass is 439 g/mol. The number of aromatic nitrogens is 3. The number of nitrogens with zero attached hydrogens (tertiary/aromatic N) is 3. The molecule has 0 aliphatic rings. The zero-order chi connectivity index (χ0) is 19.3. The van der Waals surface area contributed by atoms with Gasteiger partial charge in [0.25, 0.3) is 0 Å². The summed E-state index contributed by atoms with van der Waals surface area (Å²) in [6.45, 7) is 0.0371. The van der Waals surface area contributed by atoms with Gasteiger partial charge in [0.15, 0.2) is 0 Å².